The fourth-order valence-electron chi connectivity index (χ4n) is 1.13. The Morgan fingerprint density at radius 2 is 2.13 bits per heavy atom. The molecule has 0 unspecified atom stereocenters. The Hall–Kier alpha value is -2.45. The van der Waals surface area contributed by atoms with E-state index in [9.17, 15) is 14.4 Å². The Balaban J connectivity index is 2.74. The molecule has 0 aliphatic rings. The number of nitrogens with zero attached hydrogens (tertiary/aromatic N) is 3. The van der Waals surface area contributed by atoms with Gasteiger partial charge in [0, 0.05) is 0 Å². The zero-order chi connectivity index (χ0) is 11.0. The maximum Gasteiger partial charge on any atom is 0.327 e. The molecule has 0 fully saturated rings. The van der Waals surface area contributed by atoms with Crippen LogP contribution in [0.3, 0.4) is 0 Å². The number of aliphatic carboxylic acids is 1. The first-order valence-electron chi connectivity index (χ1n) is 3.85. The molecule has 0 spiro atoms. The van der Waals surface area contributed by atoms with Crippen LogP contribution in [0, 0.1) is 0 Å². The normalized spacial score (nSPS) is 10.7. The fraction of sp³-hybridized carbons (Fsp3) is 0.167. The van der Waals surface area contributed by atoms with Crippen molar-refractivity contribution in [3.8, 4) is 0 Å². The number of carbonyl (C=O) groups is 1. The highest BCUT2D eigenvalue weighted by atomic mass is 16.4. The highest BCUT2D eigenvalue weighted by molar-refractivity contribution is 5.72. The molecule has 9 nitrogen and oxygen atoms in total. The van der Waals surface area contributed by atoms with Crippen molar-refractivity contribution in [3.05, 3.63) is 20.8 Å². The first-order valence-corrected chi connectivity index (χ1v) is 3.85. The van der Waals surface area contributed by atoms with E-state index in [1.807, 2.05) is 4.98 Å². The van der Waals surface area contributed by atoms with Gasteiger partial charge in [0.15, 0.2) is 11.2 Å². The maximum absolute atomic E-state index is 11.2. The molecule has 78 valence electrons. The molecule has 0 saturated carbocycles. The van der Waals surface area contributed by atoms with Gasteiger partial charge in [0.2, 0.25) is 0 Å². The second-order valence-corrected chi connectivity index (χ2v) is 2.75. The van der Waals surface area contributed by atoms with E-state index in [1.54, 1.807) is 0 Å². The summed E-state index contributed by atoms with van der Waals surface area (Å²) in [5, 5.41) is 15.4. The van der Waals surface area contributed by atoms with Gasteiger partial charge in [-0.25, -0.2) is 9.48 Å². The number of hydrogen-bond donors (Lipinski definition) is 3. The lowest BCUT2D eigenvalue weighted by molar-refractivity contribution is -0.137. The molecule has 2 rings (SSSR count). The second-order valence-electron chi connectivity index (χ2n) is 2.75. The van der Waals surface area contributed by atoms with Crippen molar-refractivity contribution in [3.63, 3.8) is 0 Å². The molecule has 0 bridgehead atoms. The summed E-state index contributed by atoms with van der Waals surface area (Å²) in [6.45, 7) is -0.476. The molecule has 0 atom stereocenters. The highest BCUT2D eigenvalue weighted by Gasteiger charge is 2.11. The number of aromatic amines is 2. The van der Waals surface area contributed by atoms with E-state index in [1.165, 1.54) is 0 Å². The second kappa shape index (κ2) is 3.04. The molecule has 0 aromatic carbocycles. The van der Waals surface area contributed by atoms with Gasteiger partial charge >= 0.3 is 11.7 Å². The molecule has 0 amide bonds. The smallest absolute Gasteiger partial charge is 0.327 e. The van der Waals surface area contributed by atoms with Crippen LogP contribution in [0.1, 0.15) is 0 Å². The summed E-state index contributed by atoms with van der Waals surface area (Å²) in [6, 6.07) is 0. The van der Waals surface area contributed by atoms with Crippen LogP contribution in [0.15, 0.2) is 9.59 Å². The molecule has 2 heterocycles. The van der Waals surface area contributed by atoms with Crippen LogP contribution in [-0.2, 0) is 11.3 Å². The quantitative estimate of drug-likeness (QED) is 0.520. The van der Waals surface area contributed by atoms with Gasteiger partial charge in [0.1, 0.15) is 6.54 Å². The highest BCUT2D eigenvalue weighted by Crippen LogP contribution is 1.98. The molecule has 15 heavy (non-hydrogen) atoms. The standard InChI is InChI=1S/C6H5N5O4/c12-2(13)1-11-4-3(9-10-11)5(14)8-6(15)7-4/h1H2,(H,12,13)(H2,7,8,14,15). The van der Waals surface area contributed by atoms with Crippen LogP contribution in [0.25, 0.3) is 11.2 Å². The van der Waals surface area contributed by atoms with Crippen molar-refractivity contribution < 1.29 is 9.90 Å². The SMILES string of the molecule is O=C(O)Cn1nnc2c(=O)[nH]c(=O)[nH]c21. The summed E-state index contributed by atoms with van der Waals surface area (Å²) in [4.78, 5) is 36.7. The predicted octanol–water partition coefficient (Wildman–Crippen LogP) is -2.11. The number of H-pyrrole nitrogens is 2. The number of nitrogens with one attached hydrogen (secondary N) is 2. The van der Waals surface area contributed by atoms with Crippen LogP contribution < -0.4 is 11.2 Å². The number of carboxylic acid groups (broad SMARTS) is 1. The first-order chi connectivity index (χ1) is 7.08. The predicted molar refractivity (Wildman–Crippen MR) is 46.4 cm³/mol. The van der Waals surface area contributed by atoms with Crippen LogP contribution >= 0.6 is 0 Å². The molecular weight excluding hydrogens is 206 g/mol. The summed E-state index contributed by atoms with van der Waals surface area (Å²) in [7, 11) is 0. The Morgan fingerprint density at radius 3 is 2.80 bits per heavy atom. The van der Waals surface area contributed by atoms with Crippen molar-refractivity contribution >= 4 is 17.1 Å². The van der Waals surface area contributed by atoms with Crippen molar-refractivity contribution in [2.75, 3.05) is 0 Å². The lowest BCUT2D eigenvalue weighted by Crippen LogP contribution is -2.23. The number of rotatable bonds is 2. The summed E-state index contributed by atoms with van der Waals surface area (Å²) in [6.07, 6.45) is 0. The minimum Gasteiger partial charge on any atom is -0.480 e. The van der Waals surface area contributed by atoms with Crippen molar-refractivity contribution in [1.82, 2.24) is 25.0 Å². The van der Waals surface area contributed by atoms with Gasteiger partial charge in [-0.05, 0) is 0 Å². The lowest BCUT2D eigenvalue weighted by atomic mass is 10.5. The Kier molecular flexibility index (Phi) is 1.85. The van der Waals surface area contributed by atoms with Crippen LogP contribution in [0.2, 0.25) is 0 Å². The van der Waals surface area contributed by atoms with E-state index in [4.69, 9.17) is 5.11 Å². The van der Waals surface area contributed by atoms with E-state index in [0.29, 0.717) is 0 Å². The van der Waals surface area contributed by atoms with Crippen molar-refractivity contribution in [1.29, 1.82) is 0 Å². The number of hydrogen-bond acceptors (Lipinski definition) is 5. The van der Waals surface area contributed by atoms with Gasteiger partial charge in [-0.1, -0.05) is 5.21 Å². The summed E-state index contributed by atoms with van der Waals surface area (Å²) >= 11 is 0. The van der Waals surface area contributed by atoms with Gasteiger partial charge in [-0.2, -0.15) is 0 Å². The first kappa shape index (κ1) is 9.12. The number of aromatic nitrogens is 5. The van der Waals surface area contributed by atoms with Crippen molar-refractivity contribution in [2.24, 2.45) is 0 Å². The number of carboxylic acids is 1. The minimum absolute atomic E-state index is 0.00819. The van der Waals surface area contributed by atoms with Crippen LogP contribution in [-0.4, -0.2) is 36.0 Å². The fourth-order valence-corrected chi connectivity index (χ4v) is 1.13. The molecule has 0 radical (unpaired) electrons. The molecule has 0 aliphatic carbocycles. The van der Waals surface area contributed by atoms with Gasteiger partial charge in [-0.15, -0.1) is 5.10 Å². The molecule has 0 saturated heterocycles. The third-order valence-corrected chi connectivity index (χ3v) is 1.69. The monoisotopic (exact) mass is 211 g/mol. The van der Waals surface area contributed by atoms with Gasteiger partial charge in [0.25, 0.3) is 5.56 Å². The molecule has 3 N–H and O–H groups in total. The minimum atomic E-state index is -1.15. The van der Waals surface area contributed by atoms with E-state index in [2.05, 4.69) is 15.3 Å². The maximum atomic E-state index is 11.2. The largest absolute Gasteiger partial charge is 0.480 e. The summed E-state index contributed by atoms with van der Waals surface area (Å²) in [5.74, 6) is -1.15. The number of fused-ring (bicyclic) bond motifs is 1. The van der Waals surface area contributed by atoms with Crippen molar-refractivity contribution in [2.45, 2.75) is 6.54 Å². The van der Waals surface area contributed by atoms with Gasteiger partial charge in [0.05, 0.1) is 0 Å². The molecule has 2 aromatic rings. The molecule has 0 aliphatic heterocycles. The Bertz CT molecular complexity index is 635. The van der Waals surface area contributed by atoms with Gasteiger partial charge < -0.3 is 5.11 Å². The average Bonchev–Trinajstić information content (AvgIpc) is 2.48. The van der Waals surface area contributed by atoms with E-state index in [0.717, 1.165) is 4.68 Å². The molecule has 2 aromatic heterocycles. The van der Waals surface area contributed by atoms with Crippen LogP contribution in [0.5, 0.6) is 0 Å². The third kappa shape index (κ3) is 1.49. The molecular formula is C6H5N5O4. The summed E-state index contributed by atoms with van der Waals surface area (Å²) in [5.41, 5.74) is -1.55. The molecule has 9 heteroatoms. The van der Waals surface area contributed by atoms with Gasteiger partial charge in [-0.3, -0.25) is 19.6 Å². The summed E-state index contributed by atoms with van der Waals surface area (Å²) < 4.78 is 0.925. The van der Waals surface area contributed by atoms with E-state index in [-0.39, 0.29) is 11.2 Å². The van der Waals surface area contributed by atoms with Crippen LogP contribution in [0.4, 0.5) is 0 Å². The lowest BCUT2D eigenvalue weighted by Gasteiger charge is -1.95. The zero-order valence-electron chi connectivity index (χ0n) is 7.22. The Morgan fingerprint density at radius 1 is 1.40 bits per heavy atom. The topological polar surface area (TPSA) is 134 Å². The van der Waals surface area contributed by atoms with E-state index < -0.39 is 23.8 Å². The Labute approximate surface area is 80.4 Å². The average molecular weight is 211 g/mol. The van der Waals surface area contributed by atoms with E-state index >= 15 is 0 Å². The third-order valence-electron chi connectivity index (χ3n) is 1.69. The zero-order valence-corrected chi connectivity index (χ0v) is 7.22.